The van der Waals surface area contributed by atoms with E-state index in [4.69, 9.17) is 23.2 Å². The van der Waals surface area contributed by atoms with Crippen LogP contribution >= 0.6 is 23.2 Å². The molecule has 84 valence electrons. The van der Waals surface area contributed by atoms with E-state index < -0.39 is 0 Å². The summed E-state index contributed by atoms with van der Waals surface area (Å²) in [5.74, 6) is 0. The Morgan fingerprint density at radius 1 is 0.941 bits per heavy atom. The molecule has 1 aromatic carbocycles. The molecule has 0 fully saturated rings. The van der Waals surface area contributed by atoms with Gasteiger partial charge in [-0.3, -0.25) is 0 Å². The van der Waals surface area contributed by atoms with E-state index in [1.54, 1.807) is 16.8 Å². The van der Waals surface area contributed by atoms with Crippen LogP contribution in [-0.2, 0) is 0 Å². The molecule has 0 aliphatic carbocycles. The summed E-state index contributed by atoms with van der Waals surface area (Å²) >= 11 is 11.7. The van der Waals surface area contributed by atoms with Crippen molar-refractivity contribution in [3.8, 4) is 11.3 Å². The number of aromatic nitrogens is 3. The highest BCUT2D eigenvalue weighted by Gasteiger charge is 2.07. The number of hydrogen-bond acceptors (Lipinski definition) is 2. The second kappa shape index (κ2) is 4.02. The minimum Gasteiger partial charge on any atom is -0.235 e. The molecule has 3 aromatic rings. The zero-order chi connectivity index (χ0) is 11.8. The lowest BCUT2D eigenvalue weighted by molar-refractivity contribution is 0.943. The molecule has 0 radical (unpaired) electrons. The largest absolute Gasteiger partial charge is 0.235 e. The molecule has 2 heterocycles. The van der Waals surface area contributed by atoms with Crippen molar-refractivity contribution in [3.63, 3.8) is 0 Å². The van der Waals surface area contributed by atoms with Crippen molar-refractivity contribution in [2.75, 3.05) is 0 Å². The molecule has 0 atom stereocenters. The fraction of sp³-hybridized carbons (Fsp3) is 0. The molecule has 0 saturated heterocycles. The van der Waals surface area contributed by atoms with Crippen LogP contribution in [0.5, 0.6) is 0 Å². The van der Waals surface area contributed by atoms with Crippen LogP contribution in [0.3, 0.4) is 0 Å². The maximum Gasteiger partial charge on any atom is 0.154 e. The molecule has 0 unspecified atom stereocenters. The molecular formula is C12H7Cl2N3. The van der Waals surface area contributed by atoms with Gasteiger partial charge >= 0.3 is 0 Å². The highest BCUT2D eigenvalue weighted by Crippen LogP contribution is 2.22. The van der Waals surface area contributed by atoms with Crippen molar-refractivity contribution in [2.45, 2.75) is 0 Å². The van der Waals surface area contributed by atoms with E-state index in [9.17, 15) is 0 Å². The topological polar surface area (TPSA) is 30.2 Å². The molecule has 0 spiro atoms. The van der Waals surface area contributed by atoms with Gasteiger partial charge < -0.3 is 0 Å². The lowest BCUT2D eigenvalue weighted by atomic mass is 10.2. The second-order valence-electron chi connectivity index (χ2n) is 3.58. The van der Waals surface area contributed by atoms with E-state index in [1.165, 1.54) is 0 Å². The third kappa shape index (κ3) is 1.88. The molecular weight excluding hydrogens is 257 g/mol. The molecule has 3 nitrogen and oxygen atoms in total. The Balaban J connectivity index is 2.23. The minimum absolute atomic E-state index is 0.436. The SMILES string of the molecule is Clc1ccc(-c2cnc3ccc(Cl)nn23)cc1. The third-order valence-electron chi connectivity index (χ3n) is 2.47. The van der Waals surface area contributed by atoms with Gasteiger partial charge in [-0.15, -0.1) is 0 Å². The average Bonchev–Trinajstić information content (AvgIpc) is 2.73. The molecule has 0 aliphatic rings. The molecule has 17 heavy (non-hydrogen) atoms. The van der Waals surface area contributed by atoms with E-state index in [2.05, 4.69) is 10.1 Å². The number of hydrogen-bond donors (Lipinski definition) is 0. The summed E-state index contributed by atoms with van der Waals surface area (Å²) < 4.78 is 1.71. The van der Waals surface area contributed by atoms with Crippen molar-refractivity contribution in [3.05, 3.63) is 52.8 Å². The monoisotopic (exact) mass is 263 g/mol. The van der Waals surface area contributed by atoms with Gasteiger partial charge in [0.2, 0.25) is 0 Å². The molecule has 0 aliphatic heterocycles. The lowest BCUT2D eigenvalue weighted by Crippen LogP contribution is -1.93. The van der Waals surface area contributed by atoms with Gasteiger partial charge in [0.25, 0.3) is 0 Å². The summed E-state index contributed by atoms with van der Waals surface area (Å²) in [6, 6.07) is 11.1. The fourth-order valence-electron chi connectivity index (χ4n) is 1.67. The standard InChI is InChI=1S/C12H7Cl2N3/c13-9-3-1-8(2-4-9)10-7-15-12-6-5-11(14)16-17(10)12/h1-7H. The second-order valence-corrected chi connectivity index (χ2v) is 4.40. The van der Waals surface area contributed by atoms with Gasteiger partial charge in [0.1, 0.15) is 5.15 Å². The summed E-state index contributed by atoms with van der Waals surface area (Å²) in [7, 11) is 0. The molecule has 0 amide bonds. The lowest BCUT2D eigenvalue weighted by Gasteiger charge is -2.01. The number of rotatable bonds is 1. The Labute approximate surface area is 108 Å². The summed E-state index contributed by atoms with van der Waals surface area (Å²) in [6.07, 6.45) is 1.77. The van der Waals surface area contributed by atoms with Gasteiger partial charge in [-0.25, -0.2) is 9.50 Å². The van der Waals surface area contributed by atoms with Gasteiger partial charge in [0.05, 0.1) is 11.9 Å². The minimum atomic E-state index is 0.436. The first kappa shape index (κ1) is 10.6. The molecule has 5 heteroatoms. The van der Waals surface area contributed by atoms with Crippen LogP contribution in [0.2, 0.25) is 10.2 Å². The first-order valence-corrected chi connectivity index (χ1v) is 5.76. The van der Waals surface area contributed by atoms with Crippen LogP contribution < -0.4 is 0 Å². The average molecular weight is 264 g/mol. The number of nitrogens with zero attached hydrogens (tertiary/aromatic N) is 3. The quantitative estimate of drug-likeness (QED) is 0.670. The summed E-state index contributed by atoms with van der Waals surface area (Å²) in [6.45, 7) is 0. The van der Waals surface area contributed by atoms with E-state index in [-0.39, 0.29) is 0 Å². The molecule has 0 bridgehead atoms. The summed E-state index contributed by atoms with van der Waals surface area (Å²) in [5.41, 5.74) is 2.65. The van der Waals surface area contributed by atoms with Crippen LogP contribution in [-0.4, -0.2) is 14.6 Å². The van der Waals surface area contributed by atoms with Crippen molar-refractivity contribution in [1.29, 1.82) is 0 Å². The number of fused-ring (bicyclic) bond motifs is 1. The van der Waals surface area contributed by atoms with Crippen molar-refractivity contribution < 1.29 is 0 Å². The first-order valence-electron chi connectivity index (χ1n) is 5.00. The Morgan fingerprint density at radius 3 is 2.47 bits per heavy atom. The Bertz CT molecular complexity index is 674. The van der Waals surface area contributed by atoms with E-state index in [1.807, 2.05) is 30.3 Å². The normalized spacial score (nSPS) is 10.9. The zero-order valence-electron chi connectivity index (χ0n) is 8.64. The van der Waals surface area contributed by atoms with Crippen molar-refractivity contribution in [1.82, 2.24) is 14.6 Å². The number of halogens is 2. The smallest absolute Gasteiger partial charge is 0.154 e. The Hall–Kier alpha value is -1.58. The number of benzene rings is 1. The van der Waals surface area contributed by atoms with Gasteiger partial charge in [0.15, 0.2) is 5.65 Å². The third-order valence-corrected chi connectivity index (χ3v) is 2.92. The van der Waals surface area contributed by atoms with E-state index >= 15 is 0 Å². The van der Waals surface area contributed by atoms with Crippen LogP contribution in [0.1, 0.15) is 0 Å². The highest BCUT2D eigenvalue weighted by atomic mass is 35.5. The van der Waals surface area contributed by atoms with Crippen LogP contribution in [0.4, 0.5) is 0 Å². The van der Waals surface area contributed by atoms with Crippen molar-refractivity contribution >= 4 is 28.8 Å². The van der Waals surface area contributed by atoms with Crippen LogP contribution in [0.25, 0.3) is 16.9 Å². The van der Waals surface area contributed by atoms with Gasteiger partial charge in [-0.1, -0.05) is 35.3 Å². The van der Waals surface area contributed by atoms with Gasteiger partial charge in [-0.05, 0) is 24.3 Å². The number of imidazole rings is 1. The maximum absolute atomic E-state index is 5.88. The fourth-order valence-corrected chi connectivity index (χ4v) is 1.93. The summed E-state index contributed by atoms with van der Waals surface area (Å²) in [4.78, 5) is 4.27. The summed E-state index contributed by atoms with van der Waals surface area (Å²) in [5, 5.41) is 5.36. The first-order chi connectivity index (χ1) is 8.24. The van der Waals surface area contributed by atoms with Gasteiger partial charge in [0, 0.05) is 10.6 Å². The molecule has 0 saturated carbocycles. The molecule has 2 aromatic heterocycles. The van der Waals surface area contributed by atoms with Crippen molar-refractivity contribution in [2.24, 2.45) is 0 Å². The van der Waals surface area contributed by atoms with Crippen LogP contribution in [0, 0.1) is 0 Å². The molecule has 3 rings (SSSR count). The predicted molar refractivity (Wildman–Crippen MR) is 68.4 cm³/mol. The van der Waals surface area contributed by atoms with Crippen LogP contribution in [0.15, 0.2) is 42.6 Å². The van der Waals surface area contributed by atoms with E-state index in [0.717, 1.165) is 16.9 Å². The maximum atomic E-state index is 5.88. The molecule has 0 N–H and O–H groups in total. The van der Waals surface area contributed by atoms with E-state index in [0.29, 0.717) is 10.2 Å². The Morgan fingerprint density at radius 2 is 1.71 bits per heavy atom. The zero-order valence-corrected chi connectivity index (χ0v) is 10.2. The highest BCUT2D eigenvalue weighted by molar-refractivity contribution is 6.30. The van der Waals surface area contributed by atoms with Gasteiger partial charge in [-0.2, -0.15) is 5.10 Å². The Kier molecular flexibility index (Phi) is 2.50. The predicted octanol–water partition coefficient (Wildman–Crippen LogP) is 3.70.